The van der Waals surface area contributed by atoms with Crippen molar-refractivity contribution in [1.82, 2.24) is 9.62 Å². The first-order valence-corrected chi connectivity index (χ1v) is 16.1. The Hall–Kier alpha value is -2.96. The Morgan fingerprint density at radius 1 is 1.00 bits per heavy atom. The lowest BCUT2D eigenvalue weighted by molar-refractivity contribution is -0.150. The molecule has 12 heteroatoms. The van der Waals surface area contributed by atoms with E-state index in [1.165, 1.54) is 12.1 Å². The summed E-state index contributed by atoms with van der Waals surface area (Å²) in [5.74, 6) is -3.01. The van der Waals surface area contributed by atoms with Crippen LogP contribution < -0.4 is 5.32 Å². The van der Waals surface area contributed by atoms with Gasteiger partial charge >= 0.3 is 18.0 Å². The highest BCUT2D eigenvalue weighted by Gasteiger charge is 2.55. The number of nitrogens with zero attached hydrogens (tertiary/aromatic N) is 1. The highest BCUT2D eigenvalue weighted by atomic mass is 79.9. The minimum absolute atomic E-state index is 0.00164. The van der Waals surface area contributed by atoms with E-state index < -0.39 is 57.6 Å². The number of halogens is 1. The van der Waals surface area contributed by atoms with E-state index in [0.717, 1.165) is 14.3 Å². The molecule has 1 aliphatic heterocycles. The van der Waals surface area contributed by atoms with Crippen molar-refractivity contribution in [2.24, 2.45) is 11.8 Å². The van der Waals surface area contributed by atoms with Gasteiger partial charge in [-0.3, -0.25) is 9.59 Å². The predicted octanol–water partition coefficient (Wildman–Crippen LogP) is 5.15. The first-order valence-electron chi connectivity index (χ1n) is 13.8. The molecule has 0 aliphatic carbocycles. The third kappa shape index (κ3) is 8.32. The molecule has 10 nitrogen and oxygen atoms in total. The molecule has 1 fully saturated rings. The van der Waals surface area contributed by atoms with E-state index >= 15 is 0 Å². The van der Waals surface area contributed by atoms with E-state index in [1.54, 1.807) is 71.0 Å². The van der Waals surface area contributed by atoms with E-state index in [2.05, 4.69) is 21.2 Å². The molecule has 230 valence electrons. The van der Waals surface area contributed by atoms with Crippen LogP contribution in [-0.4, -0.2) is 62.2 Å². The standard InChI is InChI=1S/C30H39BrN2O8S/c1-7-39-25(34)17-23-24(26(20-11-13-21(31)14-12-20)32-29(36)41-30(4,5)6)18-33(27(23)28(35)40-8-2)42(37,38)22-15-9-19(3)10-16-22/h9-16,23-24,26-27H,7-8,17-18H2,1-6H3,(H,32,36)/t23-,24+,26+,27+/m1/s1. The second-order valence-corrected chi connectivity index (χ2v) is 13.9. The van der Waals surface area contributed by atoms with Gasteiger partial charge in [-0.15, -0.1) is 0 Å². The zero-order chi connectivity index (χ0) is 31.2. The average molecular weight is 668 g/mol. The first-order chi connectivity index (χ1) is 19.7. The zero-order valence-electron chi connectivity index (χ0n) is 24.8. The molecule has 2 aromatic carbocycles. The second kappa shape index (κ2) is 14.0. The molecule has 0 unspecified atom stereocenters. The Bertz CT molecular complexity index is 1360. The van der Waals surface area contributed by atoms with Crippen molar-refractivity contribution < 1.29 is 37.0 Å². The fraction of sp³-hybridized carbons (Fsp3) is 0.500. The predicted molar refractivity (Wildman–Crippen MR) is 160 cm³/mol. The van der Waals surface area contributed by atoms with Crippen LogP contribution in [0.25, 0.3) is 0 Å². The molecule has 1 saturated heterocycles. The molecule has 4 atom stereocenters. The van der Waals surface area contributed by atoms with Crippen molar-refractivity contribution in [1.29, 1.82) is 0 Å². The Morgan fingerprint density at radius 2 is 1.60 bits per heavy atom. The van der Waals surface area contributed by atoms with E-state index in [9.17, 15) is 22.8 Å². The number of alkyl carbamates (subject to hydrolysis) is 1. The molecule has 3 rings (SSSR count). The van der Waals surface area contributed by atoms with E-state index in [1.807, 2.05) is 6.92 Å². The molecular formula is C30H39BrN2O8S. The van der Waals surface area contributed by atoms with E-state index in [4.69, 9.17) is 14.2 Å². The summed E-state index contributed by atoms with van der Waals surface area (Å²) in [5, 5.41) is 2.90. The maximum atomic E-state index is 14.1. The fourth-order valence-electron chi connectivity index (χ4n) is 5.09. The Kier molecular flexibility index (Phi) is 11.2. The van der Waals surface area contributed by atoms with Crippen LogP contribution >= 0.6 is 15.9 Å². The largest absolute Gasteiger partial charge is 0.466 e. The minimum atomic E-state index is -4.23. The summed E-state index contributed by atoms with van der Waals surface area (Å²) >= 11 is 3.42. The van der Waals surface area contributed by atoms with Gasteiger partial charge in [0.1, 0.15) is 11.6 Å². The number of nitrogens with one attached hydrogen (secondary N) is 1. The highest BCUT2D eigenvalue weighted by Crippen LogP contribution is 2.43. The molecule has 1 aliphatic rings. The normalized spacial score (nSPS) is 20.0. The summed E-state index contributed by atoms with van der Waals surface area (Å²) in [5.41, 5.74) is 0.704. The summed E-state index contributed by atoms with van der Waals surface area (Å²) in [7, 11) is -4.23. The van der Waals surface area contributed by atoms with Gasteiger partial charge < -0.3 is 19.5 Å². The molecule has 1 amide bonds. The van der Waals surface area contributed by atoms with Crippen LogP contribution in [-0.2, 0) is 33.8 Å². The van der Waals surface area contributed by atoms with Crippen LogP contribution in [0.1, 0.15) is 58.2 Å². The number of benzene rings is 2. The number of ether oxygens (including phenoxy) is 3. The summed E-state index contributed by atoms with van der Waals surface area (Å²) in [6, 6.07) is 11.3. The molecule has 2 aromatic rings. The van der Waals surface area contributed by atoms with Gasteiger partial charge in [0.2, 0.25) is 10.0 Å². The van der Waals surface area contributed by atoms with Crippen LogP contribution in [0.2, 0.25) is 0 Å². The maximum absolute atomic E-state index is 14.1. The smallest absolute Gasteiger partial charge is 0.408 e. The summed E-state index contributed by atoms with van der Waals surface area (Å²) in [6.45, 7) is 10.3. The monoisotopic (exact) mass is 666 g/mol. The minimum Gasteiger partial charge on any atom is -0.466 e. The van der Waals surface area contributed by atoms with Crippen molar-refractivity contribution in [3.8, 4) is 0 Å². The SMILES string of the molecule is CCOC(=O)C[C@@H]1[C@@H]([C@@H](NC(=O)OC(C)(C)C)c2ccc(Br)cc2)CN(S(=O)(=O)c2ccc(C)cc2)[C@@H]1C(=O)OCC. The average Bonchev–Trinajstić information content (AvgIpc) is 3.27. The van der Waals surface area contributed by atoms with Crippen LogP contribution in [0, 0.1) is 18.8 Å². The van der Waals surface area contributed by atoms with Gasteiger partial charge in [0, 0.05) is 22.9 Å². The fourth-order valence-corrected chi connectivity index (χ4v) is 7.01. The van der Waals surface area contributed by atoms with Crippen LogP contribution in [0.15, 0.2) is 57.9 Å². The Balaban J connectivity index is 2.19. The number of esters is 2. The number of carbonyl (C=O) groups is 3. The molecule has 1 heterocycles. The zero-order valence-corrected chi connectivity index (χ0v) is 27.2. The third-order valence-corrected chi connectivity index (χ3v) is 9.24. The topological polar surface area (TPSA) is 128 Å². The number of carbonyl (C=O) groups excluding carboxylic acids is 3. The van der Waals surface area contributed by atoms with Gasteiger partial charge in [-0.25, -0.2) is 13.2 Å². The summed E-state index contributed by atoms with van der Waals surface area (Å²) in [4.78, 5) is 39.5. The number of sulfonamides is 1. The van der Waals surface area contributed by atoms with E-state index in [-0.39, 0.29) is 31.1 Å². The Morgan fingerprint density at radius 3 is 2.14 bits per heavy atom. The van der Waals surface area contributed by atoms with Crippen molar-refractivity contribution in [2.45, 2.75) is 70.5 Å². The van der Waals surface area contributed by atoms with Crippen LogP contribution in [0.3, 0.4) is 0 Å². The Labute approximate surface area is 256 Å². The number of rotatable bonds is 10. The van der Waals surface area contributed by atoms with Crippen molar-refractivity contribution >= 4 is 44.0 Å². The molecule has 0 bridgehead atoms. The van der Waals surface area contributed by atoms with Gasteiger partial charge in [-0.05, 0) is 71.4 Å². The van der Waals surface area contributed by atoms with Crippen molar-refractivity contribution in [2.75, 3.05) is 19.8 Å². The molecule has 0 saturated carbocycles. The summed E-state index contributed by atoms with van der Waals surface area (Å²) in [6.07, 6.45) is -0.997. The second-order valence-electron chi connectivity index (χ2n) is 11.1. The first kappa shape index (κ1) is 33.5. The van der Waals surface area contributed by atoms with Gasteiger partial charge in [0.05, 0.1) is 30.6 Å². The summed E-state index contributed by atoms with van der Waals surface area (Å²) < 4.78 is 46.1. The van der Waals surface area contributed by atoms with Crippen LogP contribution in [0.4, 0.5) is 4.79 Å². The van der Waals surface area contributed by atoms with Crippen LogP contribution in [0.5, 0.6) is 0 Å². The highest BCUT2D eigenvalue weighted by molar-refractivity contribution is 9.10. The van der Waals surface area contributed by atoms with Gasteiger partial charge in [-0.2, -0.15) is 4.31 Å². The number of aryl methyl sites for hydroxylation is 1. The van der Waals surface area contributed by atoms with Gasteiger partial charge in [0.15, 0.2) is 0 Å². The molecule has 0 aromatic heterocycles. The third-order valence-electron chi connectivity index (χ3n) is 6.85. The lowest BCUT2D eigenvalue weighted by atomic mass is 9.80. The molecule has 1 N–H and O–H groups in total. The quantitative estimate of drug-likeness (QED) is 0.273. The number of hydrogen-bond donors (Lipinski definition) is 1. The molecule has 0 radical (unpaired) electrons. The van der Waals surface area contributed by atoms with Gasteiger partial charge in [0.25, 0.3) is 0 Å². The van der Waals surface area contributed by atoms with Gasteiger partial charge in [-0.1, -0.05) is 45.8 Å². The lowest BCUT2D eigenvalue weighted by Crippen LogP contribution is -2.45. The number of amides is 1. The van der Waals surface area contributed by atoms with Crippen molar-refractivity contribution in [3.05, 3.63) is 64.1 Å². The number of hydrogen-bond acceptors (Lipinski definition) is 8. The van der Waals surface area contributed by atoms with Crippen molar-refractivity contribution in [3.63, 3.8) is 0 Å². The van der Waals surface area contributed by atoms with E-state index in [0.29, 0.717) is 5.56 Å². The molecule has 42 heavy (non-hydrogen) atoms. The lowest BCUT2D eigenvalue weighted by Gasteiger charge is -2.31. The molecule has 0 spiro atoms. The molecular weight excluding hydrogens is 628 g/mol. The maximum Gasteiger partial charge on any atom is 0.408 e.